The van der Waals surface area contributed by atoms with Crippen LogP contribution in [0.4, 0.5) is 0 Å². The van der Waals surface area contributed by atoms with Gasteiger partial charge >= 0.3 is 0 Å². The summed E-state index contributed by atoms with van der Waals surface area (Å²) in [7, 11) is 0. The third-order valence-corrected chi connectivity index (χ3v) is 2.09. The van der Waals surface area contributed by atoms with Crippen LogP contribution in [-0.2, 0) is 0 Å². The number of rotatable bonds is 1. The number of aromatic nitrogens is 2. The topological polar surface area (TPSA) is 41.0 Å². The van der Waals surface area contributed by atoms with E-state index < -0.39 is 0 Å². The smallest absolute Gasteiger partial charge is 0.154 e. The molecule has 0 bridgehead atoms. The van der Waals surface area contributed by atoms with E-state index in [0.29, 0.717) is 10.5 Å². The minimum absolute atomic E-state index is 0.321. The fraction of sp³-hybridized carbons (Fsp3) is 0.143. The van der Waals surface area contributed by atoms with Crippen LogP contribution in [0.2, 0.25) is 0 Å². The molecule has 0 radical (unpaired) electrons. The van der Waals surface area contributed by atoms with Crippen molar-refractivity contribution in [2.75, 3.05) is 0 Å². The molecule has 12 heavy (non-hydrogen) atoms. The predicted octanol–water partition coefficient (Wildman–Crippen LogP) is 0.938. The zero-order valence-electron chi connectivity index (χ0n) is 6.43. The van der Waals surface area contributed by atoms with E-state index in [4.69, 9.17) is 11.6 Å². The third-order valence-electron chi connectivity index (χ3n) is 1.36. The van der Waals surface area contributed by atoms with Crippen LogP contribution < -0.4 is 10.6 Å². The SMILES string of the molecule is C=N/C(Cl)=c1/[nH]nc/c1=C(/C)Br. The number of aliphatic imine (C=N–C) groups is 1. The van der Waals surface area contributed by atoms with Gasteiger partial charge in [-0.2, -0.15) is 5.10 Å². The molecule has 1 aromatic rings. The summed E-state index contributed by atoms with van der Waals surface area (Å²) in [5.74, 6) is 0. The van der Waals surface area contributed by atoms with Gasteiger partial charge in [0.05, 0.1) is 6.20 Å². The average molecular weight is 249 g/mol. The van der Waals surface area contributed by atoms with E-state index >= 15 is 0 Å². The van der Waals surface area contributed by atoms with Crippen LogP contribution in [0.1, 0.15) is 6.92 Å². The Balaban J connectivity index is 3.68. The Morgan fingerprint density at radius 2 is 2.50 bits per heavy atom. The summed E-state index contributed by atoms with van der Waals surface area (Å²) in [6.45, 7) is 5.23. The summed E-state index contributed by atoms with van der Waals surface area (Å²) in [6, 6.07) is 0. The molecular formula is C7H7BrClN3. The maximum Gasteiger partial charge on any atom is 0.154 e. The lowest BCUT2D eigenvalue weighted by Crippen LogP contribution is -2.24. The molecule has 0 atom stereocenters. The first kappa shape index (κ1) is 9.48. The average Bonchev–Trinajstić information content (AvgIpc) is 2.50. The van der Waals surface area contributed by atoms with Crippen molar-refractivity contribution < 1.29 is 0 Å². The monoisotopic (exact) mass is 247 g/mol. The second-order valence-electron chi connectivity index (χ2n) is 2.14. The number of hydrogen-bond donors (Lipinski definition) is 1. The molecule has 5 heteroatoms. The van der Waals surface area contributed by atoms with Gasteiger partial charge in [0.15, 0.2) is 5.16 Å². The fourth-order valence-electron chi connectivity index (χ4n) is 0.784. The van der Waals surface area contributed by atoms with Crippen molar-refractivity contribution in [2.24, 2.45) is 4.99 Å². The van der Waals surface area contributed by atoms with Crippen LogP contribution >= 0.6 is 27.5 Å². The first-order valence-electron chi connectivity index (χ1n) is 3.19. The first-order chi connectivity index (χ1) is 5.66. The Morgan fingerprint density at radius 1 is 1.83 bits per heavy atom. The van der Waals surface area contributed by atoms with Gasteiger partial charge in [-0.05, 0) is 13.6 Å². The second kappa shape index (κ2) is 3.87. The van der Waals surface area contributed by atoms with Crippen LogP contribution in [0.15, 0.2) is 11.2 Å². The molecular weight excluding hydrogens is 241 g/mol. The summed E-state index contributed by atoms with van der Waals surface area (Å²) in [4.78, 5) is 3.60. The summed E-state index contributed by atoms with van der Waals surface area (Å²) < 4.78 is 0.952. The van der Waals surface area contributed by atoms with Crippen LogP contribution in [0.25, 0.3) is 9.64 Å². The van der Waals surface area contributed by atoms with Crippen molar-refractivity contribution in [2.45, 2.75) is 6.92 Å². The minimum atomic E-state index is 0.321. The molecule has 0 fully saturated rings. The molecule has 1 rings (SSSR count). The van der Waals surface area contributed by atoms with E-state index in [1.54, 1.807) is 6.20 Å². The lowest BCUT2D eigenvalue weighted by atomic mass is 10.4. The van der Waals surface area contributed by atoms with E-state index in [0.717, 1.165) is 9.70 Å². The second-order valence-corrected chi connectivity index (χ2v) is 3.69. The molecule has 0 saturated carbocycles. The Labute approximate surface area is 83.0 Å². The molecule has 0 amide bonds. The summed E-state index contributed by atoms with van der Waals surface area (Å²) in [5.41, 5.74) is 0. The van der Waals surface area contributed by atoms with Gasteiger partial charge in [-0.3, -0.25) is 10.1 Å². The summed E-state index contributed by atoms with van der Waals surface area (Å²) >= 11 is 9.10. The molecule has 0 saturated heterocycles. The molecule has 0 aliphatic carbocycles. The zero-order chi connectivity index (χ0) is 9.14. The quantitative estimate of drug-likeness (QED) is 0.583. The Bertz CT molecular complexity index is 403. The number of H-pyrrole nitrogens is 1. The van der Waals surface area contributed by atoms with Crippen molar-refractivity contribution in [3.63, 3.8) is 0 Å². The van der Waals surface area contributed by atoms with Crippen LogP contribution in [-0.4, -0.2) is 16.9 Å². The number of nitrogens with zero attached hydrogens (tertiary/aromatic N) is 2. The van der Waals surface area contributed by atoms with Crippen LogP contribution in [0.5, 0.6) is 0 Å². The number of halogens is 2. The molecule has 64 valence electrons. The van der Waals surface area contributed by atoms with E-state index in [9.17, 15) is 0 Å². The Morgan fingerprint density at radius 3 is 3.00 bits per heavy atom. The summed E-state index contributed by atoms with van der Waals surface area (Å²) in [6.07, 6.45) is 1.67. The van der Waals surface area contributed by atoms with Crippen molar-refractivity contribution in [3.8, 4) is 0 Å². The Hall–Kier alpha value is -0.610. The lowest BCUT2D eigenvalue weighted by molar-refractivity contribution is 1.06. The van der Waals surface area contributed by atoms with E-state index in [2.05, 4.69) is 37.8 Å². The molecule has 0 aromatic carbocycles. The predicted molar refractivity (Wildman–Crippen MR) is 54.7 cm³/mol. The zero-order valence-corrected chi connectivity index (χ0v) is 8.78. The lowest BCUT2D eigenvalue weighted by Gasteiger charge is -1.84. The molecule has 0 aliphatic rings. The highest BCUT2D eigenvalue weighted by atomic mass is 79.9. The van der Waals surface area contributed by atoms with Gasteiger partial charge in [-0.25, -0.2) is 0 Å². The van der Waals surface area contributed by atoms with Crippen LogP contribution in [0.3, 0.4) is 0 Å². The normalized spacial score (nSPS) is 15.6. The van der Waals surface area contributed by atoms with Crippen molar-refractivity contribution in [1.82, 2.24) is 10.2 Å². The molecule has 1 N–H and O–H groups in total. The first-order valence-corrected chi connectivity index (χ1v) is 4.36. The maximum absolute atomic E-state index is 5.76. The highest BCUT2D eigenvalue weighted by Crippen LogP contribution is 2.00. The molecule has 0 spiro atoms. The van der Waals surface area contributed by atoms with Crippen LogP contribution in [0, 0.1) is 0 Å². The van der Waals surface area contributed by atoms with Gasteiger partial charge < -0.3 is 0 Å². The fourth-order valence-corrected chi connectivity index (χ4v) is 1.23. The molecule has 0 unspecified atom stereocenters. The van der Waals surface area contributed by atoms with Gasteiger partial charge in [-0.1, -0.05) is 27.5 Å². The number of hydrogen-bond acceptors (Lipinski definition) is 2. The minimum Gasteiger partial charge on any atom is -0.275 e. The Kier molecular flexibility index (Phi) is 3.05. The molecule has 0 aliphatic heterocycles. The van der Waals surface area contributed by atoms with Gasteiger partial charge in [0.25, 0.3) is 0 Å². The maximum atomic E-state index is 5.76. The third kappa shape index (κ3) is 1.76. The van der Waals surface area contributed by atoms with Gasteiger partial charge in [-0.15, -0.1) is 0 Å². The highest BCUT2D eigenvalue weighted by molar-refractivity contribution is 9.14. The molecule has 1 heterocycles. The van der Waals surface area contributed by atoms with Gasteiger partial charge in [0.1, 0.15) is 5.35 Å². The van der Waals surface area contributed by atoms with E-state index in [1.807, 2.05) is 6.92 Å². The number of aromatic amines is 1. The van der Waals surface area contributed by atoms with Crippen molar-refractivity contribution in [3.05, 3.63) is 16.8 Å². The molecule has 3 nitrogen and oxygen atoms in total. The number of nitrogens with one attached hydrogen (secondary N) is 1. The largest absolute Gasteiger partial charge is 0.275 e. The van der Waals surface area contributed by atoms with Gasteiger partial charge in [0, 0.05) is 9.70 Å². The van der Waals surface area contributed by atoms with E-state index in [-0.39, 0.29) is 0 Å². The van der Waals surface area contributed by atoms with Crippen molar-refractivity contribution in [1.29, 1.82) is 0 Å². The molecule has 1 aromatic heterocycles. The summed E-state index contributed by atoms with van der Waals surface area (Å²) in [5, 5.41) is 8.48. The van der Waals surface area contributed by atoms with Gasteiger partial charge in [0.2, 0.25) is 0 Å². The van der Waals surface area contributed by atoms with Crippen molar-refractivity contribution >= 4 is 43.9 Å². The highest BCUT2D eigenvalue weighted by Gasteiger charge is 1.95. The van der Waals surface area contributed by atoms with E-state index in [1.165, 1.54) is 0 Å². The standard InChI is InChI=1S/C7H7BrClN3/c1-4(8)5-3-11-12-6(5)7(9)10-2/h3,12H,2H2,1H3/b5-4+,7-6+.